The third-order valence-electron chi connectivity index (χ3n) is 8.19. The summed E-state index contributed by atoms with van der Waals surface area (Å²) >= 11 is 0. The number of benzene rings is 1. The molecule has 3 aliphatic carbocycles. The summed E-state index contributed by atoms with van der Waals surface area (Å²) in [6.45, 7) is 1.73. The number of primary amides is 1. The standard InChI is InChI=1S/C28H36N4O8/c1-12(33)10-32(6)11-14-9-17(30(2)3)15-7-13-8-16-21(31(4)5)24(36)20(27(29)39)26(38)28(16,40)25(37)18(13)23(35)19(15)22(14)34/h9,13,16,21,34,36-37,40H,7-8,10-11H2,1-6H3,(H2,29,39)/t13-,16-,21-,28-/m0/s1. The molecule has 0 bridgehead atoms. The Labute approximate surface area is 232 Å². The van der Waals surface area contributed by atoms with Crippen molar-refractivity contribution < 1.29 is 39.6 Å². The second kappa shape index (κ2) is 10.0. The number of aliphatic hydroxyl groups is 3. The van der Waals surface area contributed by atoms with Crippen molar-refractivity contribution in [3.8, 4) is 5.75 Å². The van der Waals surface area contributed by atoms with E-state index in [1.54, 1.807) is 51.1 Å². The van der Waals surface area contributed by atoms with Crippen LogP contribution in [0.5, 0.6) is 5.75 Å². The fourth-order valence-corrected chi connectivity index (χ4v) is 6.60. The average molecular weight is 557 g/mol. The lowest BCUT2D eigenvalue weighted by Gasteiger charge is -2.50. The molecule has 1 aromatic carbocycles. The first-order valence-electron chi connectivity index (χ1n) is 12.9. The number of likely N-dealkylation sites (N-methyl/N-ethyl adjacent to an activating group) is 2. The lowest BCUT2D eigenvalue weighted by atomic mass is 9.58. The van der Waals surface area contributed by atoms with E-state index in [1.165, 1.54) is 11.8 Å². The van der Waals surface area contributed by atoms with Gasteiger partial charge >= 0.3 is 0 Å². The Bertz CT molecular complexity index is 1390. The number of aromatic hydroxyl groups is 1. The van der Waals surface area contributed by atoms with E-state index in [-0.39, 0.29) is 48.6 Å². The van der Waals surface area contributed by atoms with Crippen molar-refractivity contribution in [2.45, 2.75) is 38.0 Å². The maximum absolute atomic E-state index is 14.0. The molecule has 4 atom stereocenters. The zero-order valence-corrected chi connectivity index (χ0v) is 23.5. The van der Waals surface area contributed by atoms with Gasteiger partial charge in [-0.25, -0.2) is 0 Å². The van der Waals surface area contributed by atoms with Crippen molar-refractivity contribution in [3.05, 3.63) is 45.4 Å². The number of ketones is 3. The van der Waals surface area contributed by atoms with Crippen LogP contribution in [0.2, 0.25) is 0 Å². The van der Waals surface area contributed by atoms with Crippen LogP contribution in [0.15, 0.2) is 28.7 Å². The number of carbonyl (C=O) groups excluding carboxylic acids is 4. The molecule has 0 fully saturated rings. The highest BCUT2D eigenvalue weighted by molar-refractivity contribution is 6.25. The van der Waals surface area contributed by atoms with Crippen LogP contribution in [0.3, 0.4) is 0 Å². The molecule has 0 radical (unpaired) electrons. The van der Waals surface area contributed by atoms with E-state index in [1.807, 2.05) is 0 Å². The van der Waals surface area contributed by atoms with Gasteiger partial charge < -0.3 is 31.1 Å². The number of allylic oxidation sites excluding steroid dienone is 1. The lowest BCUT2D eigenvalue weighted by molar-refractivity contribution is -0.148. The number of hydrogen-bond acceptors (Lipinski definition) is 11. The van der Waals surface area contributed by atoms with Gasteiger partial charge in [0.05, 0.1) is 18.2 Å². The van der Waals surface area contributed by atoms with Gasteiger partial charge in [0.1, 0.15) is 28.6 Å². The normalized spacial score (nSPS) is 26.2. The molecule has 0 saturated carbocycles. The minimum Gasteiger partial charge on any atom is -0.510 e. The first kappa shape index (κ1) is 29.2. The number of phenols is 1. The molecule has 4 rings (SSSR count). The summed E-state index contributed by atoms with van der Waals surface area (Å²) in [5.74, 6) is -6.94. The molecule has 0 spiro atoms. The highest BCUT2D eigenvalue weighted by Crippen LogP contribution is 2.53. The molecule has 12 heteroatoms. The topological polar surface area (TPSA) is 185 Å². The van der Waals surface area contributed by atoms with Crippen LogP contribution in [0.4, 0.5) is 5.69 Å². The Balaban J connectivity index is 1.93. The second-order valence-corrected chi connectivity index (χ2v) is 11.5. The van der Waals surface area contributed by atoms with E-state index in [9.17, 15) is 39.6 Å². The monoisotopic (exact) mass is 556 g/mol. The van der Waals surface area contributed by atoms with Crippen LogP contribution in [0.25, 0.3) is 0 Å². The molecular formula is C28H36N4O8. The Morgan fingerprint density at radius 3 is 2.25 bits per heavy atom. The van der Waals surface area contributed by atoms with Crippen molar-refractivity contribution in [2.75, 3.05) is 46.7 Å². The molecule has 0 saturated heterocycles. The minimum atomic E-state index is -2.69. The number of nitrogens with two attached hydrogens (primary N) is 1. The SMILES string of the molecule is CC(=O)CN(C)Cc1cc(N(C)C)c2c(c1O)C(=O)C1=C(O)[C@]3(O)C(=O)C(C(N)=O)=C(O)[C@@H](N(C)C)[C@@H]3C[C@@H]1C2. The molecule has 1 aromatic rings. The third-order valence-corrected chi connectivity index (χ3v) is 8.19. The number of carbonyl (C=O) groups is 4. The van der Waals surface area contributed by atoms with E-state index < -0.39 is 58.0 Å². The summed E-state index contributed by atoms with van der Waals surface area (Å²) in [5, 5.41) is 45.4. The van der Waals surface area contributed by atoms with Crippen molar-refractivity contribution >= 4 is 28.9 Å². The molecule has 1 amide bonds. The Kier molecular flexibility index (Phi) is 7.33. The van der Waals surface area contributed by atoms with Crippen molar-refractivity contribution in [1.29, 1.82) is 0 Å². The number of nitrogens with zero attached hydrogens (tertiary/aromatic N) is 3. The van der Waals surface area contributed by atoms with Gasteiger partial charge in [0, 0.05) is 43.4 Å². The molecule has 0 unspecified atom stereocenters. The molecule has 0 aromatic heterocycles. The number of phenolic OH excluding ortho intramolecular Hbond substituents is 1. The van der Waals surface area contributed by atoms with Crippen LogP contribution >= 0.6 is 0 Å². The van der Waals surface area contributed by atoms with E-state index in [0.717, 1.165) is 0 Å². The van der Waals surface area contributed by atoms with E-state index in [4.69, 9.17) is 5.73 Å². The van der Waals surface area contributed by atoms with Crippen molar-refractivity contribution in [3.63, 3.8) is 0 Å². The zero-order chi connectivity index (χ0) is 30.0. The maximum Gasteiger partial charge on any atom is 0.255 e. The van der Waals surface area contributed by atoms with Gasteiger partial charge in [-0.15, -0.1) is 0 Å². The quantitative estimate of drug-likeness (QED) is 0.289. The first-order valence-corrected chi connectivity index (χ1v) is 12.9. The predicted octanol–water partition coefficient (Wildman–Crippen LogP) is 0.207. The van der Waals surface area contributed by atoms with Gasteiger partial charge in [-0.2, -0.15) is 0 Å². The summed E-state index contributed by atoms with van der Waals surface area (Å²) < 4.78 is 0. The largest absolute Gasteiger partial charge is 0.510 e. The Morgan fingerprint density at radius 2 is 1.73 bits per heavy atom. The highest BCUT2D eigenvalue weighted by atomic mass is 16.3. The number of amides is 1. The number of hydrogen-bond donors (Lipinski definition) is 5. The average Bonchev–Trinajstić information content (AvgIpc) is 2.81. The van der Waals surface area contributed by atoms with Gasteiger partial charge in [0.2, 0.25) is 5.78 Å². The lowest BCUT2D eigenvalue weighted by Crippen LogP contribution is -2.63. The van der Waals surface area contributed by atoms with Crippen LogP contribution in [-0.2, 0) is 27.3 Å². The Morgan fingerprint density at radius 1 is 1.10 bits per heavy atom. The molecule has 3 aliphatic rings. The van der Waals surface area contributed by atoms with Gasteiger partial charge in [-0.1, -0.05) is 0 Å². The van der Waals surface area contributed by atoms with Crippen molar-refractivity contribution in [2.24, 2.45) is 17.6 Å². The number of fused-ring (bicyclic) bond motifs is 3. The van der Waals surface area contributed by atoms with E-state index >= 15 is 0 Å². The molecular weight excluding hydrogens is 520 g/mol. The number of Topliss-reactive ketones (excluding diaryl/α,β-unsaturated/α-hetero) is 3. The van der Waals surface area contributed by atoms with E-state index in [0.29, 0.717) is 16.8 Å². The summed E-state index contributed by atoms with van der Waals surface area (Å²) in [6.07, 6.45) is 0.210. The smallest absolute Gasteiger partial charge is 0.255 e. The second-order valence-electron chi connectivity index (χ2n) is 11.5. The van der Waals surface area contributed by atoms with Crippen LogP contribution in [0, 0.1) is 11.8 Å². The summed E-state index contributed by atoms with van der Waals surface area (Å²) in [7, 11) is 8.45. The Hall–Kier alpha value is -3.74. The predicted molar refractivity (Wildman–Crippen MR) is 145 cm³/mol. The molecule has 40 heavy (non-hydrogen) atoms. The summed E-state index contributed by atoms with van der Waals surface area (Å²) in [6, 6.07) is 0.707. The number of aliphatic hydroxyl groups excluding tert-OH is 2. The highest BCUT2D eigenvalue weighted by Gasteiger charge is 2.63. The van der Waals surface area contributed by atoms with Gasteiger partial charge in [0.15, 0.2) is 11.4 Å². The molecule has 0 aliphatic heterocycles. The van der Waals surface area contributed by atoms with Crippen LogP contribution in [-0.4, -0.2) is 107 Å². The summed E-state index contributed by atoms with van der Waals surface area (Å²) in [4.78, 5) is 56.2. The summed E-state index contributed by atoms with van der Waals surface area (Å²) in [5.41, 5.74) is 3.16. The first-order chi connectivity index (χ1) is 18.5. The van der Waals surface area contributed by atoms with E-state index in [2.05, 4.69) is 0 Å². The fraction of sp³-hybridized carbons (Fsp3) is 0.500. The van der Waals surface area contributed by atoms with Crippen LogP contribution in [0.1, 0.15) is 34.8 Å². The molecule has 6 N–H and O–H groups in total. The molecule has 0 heterocycles. The zero-order valence-electron chi connectivity index (χ0n) is 23.5. The maximum atomic E-state index is 14.0. The molecule has 216 valence electrons. The number of anilines is 1. The van der Waals surface area contributed by atoms with Crippen LogP contribution < -0.4 is 10.6 Å². The van der Waals surface area contributed by atoms with Gasteiger partial charge in [0.25, 0.3) is 5.91 Å². The third kappa shape index (κ3) is 4.27. The molecule has 12 nitrogen and oxygen atoms in total. The minimum absolute atomic E-state index is 0.0164. The number of rotatable bonds is 7. The van der Waals surface area contributed by atoms with Crippen molar-refractivity contribution in [1.82, 2.24) is 9.80 Å². The van der Waals surface area contributed by atoms with Gasteiger partial charge in [-0.3, -0.25) is 29.0 Å². The fourth-order valence-electron chi connectivity index (χ4n) is 6.60. The van der Waals surface area contributed by atoms with Gasteiger partial charge in [-0.05, 0) is 58.5 Å².